The Balaban J connectivity index is 1.34. The fraction of sp³-hybridized carbons (Fsp3) is 0.350. The lowest BCUT2D eigenvalue weighted by Crippen LogP contribution is -2.35. The van der Waals surface area contributed by atoms with Crippen LogP contribution in [0.1, 0.15) is 24.6 Å². The number of para-hydroxylation sites is 2. The molecule has 138 valence electrons. The predicted molar refractivity (Wildman–Crippen MR) is 108 cm³/mol. The van der Waals surface area contributed by atoms with E-state index >= 15 is 0 Å². The average molecular weight is 379 g/mol. The molecule has 3 aromatic heterocycles. The van der Waals surface area contributed by atoms with Gasteiger partial charge in [0.1, 0.15) is 5.82 Å². The molecule has 1 aromatic carbocycles. The fourth-order valence-corrected chi connectivity index (χ4v) is 4.43. The standard InChI is InChI=1S/C20H22N6S/c1-23-16-6-2-3-7-17(16)26(20(23)27)14-24-12-9-15(10-13-24)19-22-21-18-8-4-5-11-25(18)19/h2-8,11,15H,9-10,12-14H2,1H3. The highest BCUT2D eigenvalue weighted by Crippen LogP contribution is 2.28. The topological polar surface area (TPSA) is 43.3 Å². The van der Waals surface area contributed by atoms with Crippen molar-refractivity contribution in [1.29, 1.82) is 0 Å². The number of aromatic nitrogens is 5. The first-order chi connectivity index (χ1) is 13.2. The summed E-state index contributed by atoms with van der Waals surface area (Å²) in [5.74, 6) is 1.55. The van der Waals surface area contributed by atoms with Gasteiger partial charge in [0.2, 0.25) is 0 Å². The van der Waals surface area contributed by atoms with Crippen molar-refractivity contribution in [1.82, 2.24) is 28.6 Å². The molecule has 0 spiro atoms. The summed E-state index contributed by atoms with van der Waals surface area (Å²) in [7, 11) is 2.05. The lowest BCUT2D eigenvalue weighted by atomic mass is 9.96. The number of hydrogen-bond acceptors (Lipinski definition) is 4. The Kier molecular flexibility index (Phi) is 4.06. The minimum atomic E-state index is 0.458. The van der Waals surface area contributed by atoms with E-state index in [9.17, 15) is 0 Å². The van der Waals surface area contributed by atoms with Crippen LogP contribution in [0.4, 0.5) is 0 Å². The molecule has 0 saturated carbocycles. The van der Waals surface area contributed by atoms with E-state index in [1.54, 1.807) is 0 Å². The molecule has 6 nitrogen and oxygen atoms in total. The third-order valence-electron chi connectivity index (χ3n) is 5.69. The number of likely N-dealkylation sites (tertiary alicyclic amines) is 1. The summed E-state index contributed by atoms with van der Waals surface area (Å²) >= 11 is 5.68. The normalized spacial score (nSPS) is 16.5. The molecule has 0 aliphatic carbocycles. The Labute approximate surface area is 162 Å². The molecular formula is C20H22N6S. The number of aryl methyl sites for hydroxylation is 1. The molecule has 0 bridgehead atoms. The van der Waals surface area contributed by atoms with Crippen LogP contribution in [0.2, 0.25) is 0 Å². The van der Waals surface area contributed by atoms with Crippen LogP contribution in [0.15, 0.2) is 48.7 Å². The first-order valence-electron chi connectivity index (χ1n) is 9.38. The Morgan fingerprint density at radius 3 is 2.56 bits per heavy atom. The molecule has 1 aliphatic rings. The number of fused-ring (bicyclic) bond motifs is 2. The first kappa shape index (κ1) is 16.6. The van der Waals surface area contributed by atoms with Crippen molar-refractivity contribution in [2.75, 3.05) is 13.1 Å². The van der Waals surface area contributed by atoms with Crippen LogP contribution in [0.5, 0.6) is 0 Å². The second-order valence-corrected chi connectivity index (χ2v) is 7.64. The van der Waals surface area contributed by atoms with E-state index in [4.69, 9.17) is 12.2 Å². The van der Waals surface area contributed by atoms with E-state index in [2.05, 4.69) is 59.1 Å². The zero-order valence-electron chi connectivity index (χ0n) is 15.3. The molecule has 0 unspecified atom stereocenters. The van der Waals surface area contributed by atoms with Crippen molar-refractivity contribution in [3.05, 3.63) is 59.3 Å². The van der Waals surface area contributed by atoms with Crippen LogP contribution in [0, 0.1) is 4.77 Å². The molecule has 1 saturated heterocycles. The molecule has 1 fully saturated rings. The highest BCUT2D eigenvalue weighted by molar-refractivity contribution is 7.71. The van der Waals surface area contributed by atoms with Gasteiger partial charge in [-0.3, -0.25) is 9.30 Å². The van der Waals surface area contributed by atoms with Crippen LogP contribution >= 0.6 is 12.2 Å². The van der Waals surface area contributed by atoms with Crippen LogP contribution in [0.3, 0.4) is 0 Å². The molecule has 4 aromatic rings. The number of piperidine rings is 1. The van der Waals surface area contributed by atoms with Crippen molar-refractivity contribution in [3.8, 4) is 0 Å². The van der Waals surface area contributed by atoms with Gasteiger partial charge < -0.3 is 9.13 Å². The number of hydrogen-bond donors (Lipinski definition) is 0. The third-order valence-corrected chi connectivity index (χ3v) is 6.18. The van der Waals surface area contributed by atoms with Crippen molar-refractivity contribution in [2.45, 2.75) is 25.4 Å². The quantitative estimate of drug-likeness (QED) is 0.511. The summed E-state index contributed by atoms with van der Waals surface area (Å²) in [6, 6.07) is 14.5. The third kappa shape index (κ3) is 2.78. The molecule has 0 N–H and O–H groups in total. The highest BCUT2D eigenvalue weighted by atomic mass is 32.1. The van der Waals surface area contributed by atoms with E-state index in [-0.39, 0.29) is 0 Å². The van der Waals surface area contributed by atoms with Gasteiger partial charge in [-0.1, -0.05) is 18.2 Å². The lowest BCUT2D eigenvalue weighted by Gasteiger charge is -2.31. The lowest BCUT2D eigenvalue weighted by molar-refractivity contribution is 0.168. The van der Waals surface area contributed by atoms with Crippen molar-refractivity contribution in [2.24, 2.45) is 7.05 Å². The van der Waals surface area contributed by atoms with Crippen molar-refractivity contribution < 1.29 is 0 Å². The molecule has 4 heterocycles. The van der Waals surface area contributed by atoms with Gasteiger partial charge in [0.15, 0.2) is 10.4 Å². The summed E-state index contributed by atoms with van der Waals surface area (Å²) in [5.41, 5.74) is 3.32. The van der Waals surface area contributed by atoms with E-state index in [0.717, 1.165) is 48.8 Å². The average Bonchev–Trinajstić information content (AvgIpc) is 3.24. The number of benzene rings is 1. The summed E-state index contributed by atoms with van der Waals surface area (Å²) in [4.78, 5) is 2.49. The minimum absolute atomic E-state index is 0.458. The van der Waals surface area contributed by atoms with Crippen LogP contribution in [-0.4, -0.2) is 41.7 Å². The minimum Gasteiger partial charge on any atom is -0.320 e. The summed E-state index contributed by atoms with van der Waals surface area (Å²) < 4.78 is 7.35. The highest BCUT2D eigenvalue weighted by Gasteiger charge is 2.25. The monoisotopic (exact) mass is 378 g/mol. The van der Waals surface area contributed by atoms with Gasteiger partial charge in [-0.05, 0) is 49.3 Å². The van der Waals surface area contributed by atoms with Crippen LogP contribution in [-0.2, 0) is 13.7 Å². The number of rotatable bonds is 3. The summed E-state index contributed by atoms with van der Waals surface area (Å²) in [6.45, 7) is 2.92. The molecule has 5 rings (SSSR count). The molecule has 0 atom stereocenters. The Bertz CT molecular complexity index is 1160. The SMILES string of the molecule is Cn1c(=S)n(CN2CCC(c3nnc4ccccn34)CC2)c2ccccc21. The molecule has 1 aliphatic heterocycles. The Morgan fingerprint density at radius 1 is 1.00 bits per heavy atom. The molecule has 0 radical (unpaired) electrons. The van der Waals surface area contributed by atoms with Crippen molar-refractivity contribution >= 4 is 28.9 Å². The van der Waals surface area contributed by atoms with Gasteiger partial charge in [0, 0.05) is 32.3 Å². The molecule has 7 heteroatoms. The number of imidazole rings is 1. The van der Waals surface area contributed by atoms with Gasteiger partial charge >= 0.3 is 0 Å². The van der Waals surface area contributed by atoms with Gasteiger partial charge in [-0.25, -0.2) is 0 Å². The Morgan fingerprint density at radius 2 is 1.74 bits per heavy atom. The van der Waals surface area contributed by atoms with E-state index in [0.29, 0.717) is 5.92 Å². The largest absolute Gasteiger partial charge is 0.320 e. The van der Waals surface area contributed by atoms with Gasteiger partial charge in [0.25, 0.3) is 0 Å². The van der Waals surface area contributed by atoms with E-state index in [1.165, 1.54) is 11.0 Å². The maximum Gasteiger partial charge on any atom is 0.181 e. The Hall–Kier alpha value is -2.51. The van der Waals surface area contributed by atoms with Gasteiger partial charge in [-0.15, -0.1) is 10.2 Å². The van der Waals surface area contributed by atoms with Crippen LogP contribution in [0.25, 0.3) is 16.7 Å². The van der Waals surface area contributed by atoms with Gasteiger partial charge in [-0.2, -0.15) is 0 Å². The smallest absolute Gasteiger partial charge is 0.181 e. The maximum atomic E-state index is 5.68. The maximum absolute atomic E-state index is 5.68. The van der Waals surface area contributed by atoms with Gasteiger partial charge in [0.05, 0.1) is 17.7 Å². The second-order valence-electron chi connectivity index (χ2n) is 7.28. The zero-order chi connectivity index (χ0) is 18.4. The fourth-order valence-electron chi connectivity index (χ4n) is 4.17. The number of pyridine rings is 1. The van der Waals surface area contributed by atoms with Crippen LogP contribution < -0.4 is 0 Å². The van der Waals surface area contributed by atoms with E-state index in [1.807, 2.05) is 25.2 Å². The summed E-state index contributed by atoms with van der Waals surface area (Å²) in [5, 5.41) is 8.76. The number of nitrogens with zero attached hydrogens (tertiary/aromatic N) is 6. The van der Waals surface area contributed by atoms with Crippen molar-refractivity contribution in [3.63, 3.8) is 0 Å². The predicted octanol–water partition coefficient (Wildman–Crippen LogP) is 3.59. The molecular weight excluding hydrogens is 356 g/mol. The molecule has 27 heavy (non-hydrogen) atoms. The second kappa shape index (κ2) is 6.58. The molecule has 0 amide bonds. The first-order valence-corrected chi connectivity index (χ1v) is 9.79. The zero-order valence-corrected chi connectivity index (χ0v) is 16.1. The summed E-state index contributed by atoms with van der Waals surface area (Å²) in [6.07, 6.45) is 4.24. The van der Waals surface area contributed by atoms with E-state index < -0.39 is 0 Å².